The Bertz CT molecular complexity index is 1280. The van der Waals surface area contributed by atoms with Gasteiger partial charge in [-0.25, -0.2) is 5.10 Å². The molecule has 2 aromatic heterocycles. The van der Waals surface area contributed by atoms with Crippen LogP contribution in [0.4, 0.5) is 11.6 Å². The second-order valence-electron chi connectivity index (χ2n) is 6.72. The number of hydrogen-bond acceptors (Lipinski definition) is 7. The van der Waals surface area contributed by atoms with Gasteiger partial charge in [-0.15, -0.1) is 0 Å². The van der Waals surface area contributed by atoms with Crippen LogP contribution in [0.2, 0.25) is 0 Å². The quantitative estimate of drug-likeness (QED) is 0.478. The van der Waals surface area contributed by atoms with Crippen molar-refractivity contribution in [2.45, 2.75) is 6.04 Å². The van der Waals surface area contributed by atoms with Gasteiger partial charge in [0.2, 0.25) is 5.95 Å². The second kappa shape index (κ2) is 7.28. The van der Waals surface area contributed by atoms with Crippen LogP contribution in [0.15, 0.2) is 59.4 Å². The van der Waals surface area contributed by atoms with Crippen molar-refractivity contribution in [1.82, 2.24) is 30.4 Å². The molecule has 0 spiro atoms. The minimum absolute atomic E-state index is 0.338. The molecule has 1 aliphatic rings. The normalized spacial score (nSPS) is 14.8. The Hall–Kier alpha value is -4.27. The molecule has 3 heterocycles. The smallest absolute Gasteiger partial charge is 0.288 e. The molecule has 0 saturated carbocycles. The third kappa shape index (κ3) is 3.02. The zero-order chi connectivity index (χ0) is 20.5. The van der Waals surface area contributed by atoms with Crippen LogP contribution in [0.1, 0.15) is 28.4 Å². The summed E-state index contributed by atoms with van der Waals surface area (Å²) in [6, 6.07) is 17.0. The van der Waals surface area contributed by atoms with Gasteiger partial charge in [-0.1, -0.05) is 53.6 Å². The van der Waals surface area contributed by atoms with Gasteiger partial charge < -0.3 is 10.1 Å². The van der Waals surface area contributed by atoms with Crippen molar-refractivity contribution < 1.29 is 4.74 Å². The number of tetrazole rings is 1. The van der Waals surface area contributed by atoms with Crippen LogP contribution in [-0.4, -0.2) is 37.5 Å². The Balaban J connectivity index is 1.69. The number of H-pyrrole nitrogens is 1. The standard InChI is InChI=1S/C21H17N7O2/c1-30-15-10-8-14(9-11-15)19-17-16(12-7-13-5-3-2-4-6-13)23-24-20(29)18(17)22-21-25-26-27-28(19)21/h2-12,19H,1H3,(H,24,29)(H,22,25,27)/b12-7+/t19-/m1/s1. The SMILES string of the molecule is COc1ccc([C@@H]2c3c(/C=C/c4ccccc4)n[nH]c(=O)c3Nc3nnnn32)cc1. The summed E-state index contributed by atoms with van der Waals surface area (Å²) < 4.78 is 6.92. The van der Waals surface area contributed by atoms with E-state index in [4.69, 9.17) is 4.74 Å². The van der Waals surface area contributed by atoms with Gasteiger partial charge in [0.1, 0.15) is 17.5 Å². The number of aromatic nitrogens is 6. The lowest BCUT2D eigenvalue weighted by molar-refractivity contribution is 0.414. The Morgan fingerprint density at radius 2 is 1.87 bits per heavy atom. The van der Waals surface area contributed by atoms with Crippen LogP contribution < -0.4 is 15.6 Å². The molecule has 1 atom stereocenters. The predicted molar refractivity (Wildman–Crippen MR) is 112 cm³/mol. The summed E-state index contributed by atoms with van der Waals surface area (Å²) in [5, 5.41) is 21.8. The van der Waals surface area contributed by atoms with Crippen molar-refractivity contribution in [2.24, 2.45) is 0 Å². The topological polar surface area (TPSA) is 111 Å². The highest BCUT2D eigenvalue weighted by molar-refractivity contribution is 5.75. The molecule has 0 saturated heterocycles. The van der Waals surface area contributed by atoms with Gasteiger partial charge in [-0.2, -0.15) is 9.78 Å². The summed E-state index contributed by atoms with van der Waals surface area (Å²) in [4.78, 5) is 12.6. The van der Waals surface area contributed by atoms with E-state index in [0.29, 0.717) is 22.9 Å². The zero-order valence-electron chi connectivity index (χ0n) is 16.0. The van der Waals surface area contributed by atoms with Crippen molar-refractivity contribution in [3.05, 3.63) is 87.3 Å². The number of nitrogens with zero attached hydrogens (tertiary/aromatic N) is 5. The number of hydrogen-bond donors (Lipinski definition) is 2. The highest BCUT2D eigenvalue weighted by Crippen LogP contribution is 2.38. The van der Waals surface area contributed by atoms with Crippen molar-refractivity contribution in [1.29, 1.82) is 0 Å². The third-order valence-electron chi connectivity index (χ3n) is 4.96. The van der Waals surface area contributed by atoms with E-state index >= 15 is 0 Å². The second-order valence-corrected chi connectivity index (χ2v) is 6.72. The fourth-order valence-electron chi connectivity index (χ4n) is 3.52. The van der Waals surface area contributed by atoms with Crippen molar-refractivity contribution >= 4 is 23.8 Å². The lowest BCUT2D eigenvalue weighted by atomic mass is 9.94. The Morgan fingerprint density at radius 1 is 1.07 bits per heavy atom. The Labute approximate surface area is 171 Å². The van der Waals surface area contributed by atoms with Gasteiger partial charge in [0.05, 0.1) is 12.8 Å². The van der Waals surface area contributed by atoms with Crippen LogP contribution in [0.3, 0.4) is 0 Å². The van der Waals surface area contributed by atoms with Gasteiger partial charge in [0.25, 0.3) is 5.56 Å². The van der Waals surface area contributed by atoms with Crippen LogP contribution in [0.5, 0.6) is 5.75 Å². The molecule has 9 nitrogen and oxygen atoms in total. The average Bonchev–Trinajstić information content (AvgIpc) is 3.27. The van der Waals surface area contributed by atoms with E-state index in [0.717, 1.165) is 16.9 Å². The van der Waals surface area contributed by atoms with Crippen LogP contribution in [0.25, 0.3) is 12.2 Å². The van der Waals surface area contributed by atoms with E-state index < -0.39 is 6.04 Å². The van der Waals surface area contributed by atoms with Crippen LogP contribution in [-0.2, 0) is 0 Å². The molecule has 4 aromatic rings. The third-order valence-corrected chi connectivity index (χ3v) is 4.96. The first-order chi connectivity index (χ1) is 14.7. The largest absolute Gasteiger partial charge is 0.497 e. The van der Waals surface area contributed by atoms with Gasteiger partial charge in [-0.05, 0) is 39.8 Å². The summed E-state index contributed by atoms with van der Waals surface area (Å²) in [6.07, 6.45) is 3.82. The fourth-order valence-corrected chi connectivity index (χ4v) is 3.52. The molecule has 2 aromatic carbocycles. The van der Waals surface area contributed by atoms with Gasteiger partial charge in [0, 0.05) is 5.56 Å². The molecule has 5 rings (SSSR count). The Morgan fingerprint density at radius 3 is 2.63 bits per heavy atom. The number of nitrogens with one attached hydrogen (secondary N) is 2. The van der Waals surface area contributed by atoms with E-state index in [9.17, 15) is 4.79 Å². The average molecular weight is 399 g/mol. The number of benzene rings is 2. The molecule has 0 fully saturated rings. The molecule has 30 heavy (non-hydrogen) atoms. The van der Waals surface area contributed by atoms with E-state index in [2.05, 4.69) is 31.0 Å². The van der Waals surface area contributed by atoms with Crippen molar-refractivity contribution in [3.8, 4) is 5.75 Å². The number of methoxy groups -OCH3 is 1. The molecule has 148 valence electrons. The molecule has 1 aliphatic heterocycles. The van der Waals surface area contributed by atoms with E-state index in [-0.39, 0.29) is 5.56 Å². The summed E-state index contributed by atoms with van der Waals surface area (Å²) in [5.74, 6) is 1.12. The number of anilines is 2. The molecular formula is C21H17N7O2. The first-order valence-electron chi connectivity index (χ1n) is 9.29. The molecule has 0 amide bonds. The molecule has 0 aliphatic carbocycles. The van der Waals surface area contributed by atoms with Crippen LogP contribution >= 0.6 is 0 Å². The summed E-state index contributed by atoms with van der Waals surface area (Å²) in [6.45, 7) is 0. The van der Waals surface area contributed by atoms with Crippen molar-refractivity contribution in [3.63, 3.8) is 0 Å². The molecular weight excluding hydrogens is 382 g/mol. The number of aromatic amines is 1. The fraction of sp³-hybridized carbons (Fsp3) is 0.0952. The minimum Gasteiger partial charge on any atom is -0.497 e. The Kier molecular flexibility index (Phi) is 4.32. The van der Waals surface area contributed by atoms with E-state index in [1.54, 1.807) is 11.8 Å². The number of fused-ring (bicyclic) bond motifs is 2. The maximum Gasteiger partial charge on any atom is 0.288 e. The maximum atomic E-state index is 12.6. The maximum absolute atomic E-state index is 12.6. The number of rotatable bonds is 4. The van der Waals surface area contributed by atoms with Crippen LogP contribution in [0, 0.1) is 0 Å². The predicted octanol–water partition coefficient (Wildman–Crippen LogP) is 2.63. The zero-order valence-corrected chi connectivity index (χ0v) is 16.0. The molecule has 9 heteroatoms. The number of ether oxygens (including phenoxy) is 1. The molecule has 2 N–H and O–H groups in total. The van der Waals surface area contributed by atoms with E-state index in [1.807, 2.05) is 66.7 Å². The van der Waals surface area contributed by atoms with Gasteiger partial charge in [0.15, 0.2) is 0 Å². The first kappa shape index (κ1) is 17.8. The summed E-state index contributed by atoms with van der Waals surface area (Å²) in [7, 11) is 1.62. The van der Waals surface area contributed by atoms with Gasteiger partial charge >= 0.3 is 0 Å². The minimum atomic E-state index is -0.428. The molecule has 0 radical (unpaired) electrons. The molecule has 0 bridgehead atoms. The van der Waals surface area contributed by atoms with Crippen molar-refractivity contribution in [2.75, 3.05) is 12.4 Å². The monoisotopic (exact) mass is 399 g/mol. The lowest BCUT2D eigenvalue weighted by Crippen LogP contribution is -2.29. The molecule has 0 unspecified atom stereocenters. The highest BCUT2D eigenvalue weighted by Gasteiger charge is 2.33. The van der Waals surface area contributed by atoms with Gasteiger partial charge in [-0.3, -0.25) is 4.79 Å². The summed E-state index contributed by atoms with van der Waals surface area (Å²) >= 11 is 0. The van der Waals surface area contributed by atoms with E-state index in [1.165, 1.54) is 0 Å². The highest BCUT2D eigenvalue weighted by atomic mass is 16.5. The summed E-state index contributed by atoms with van der Waals surface area (Å²) in [5.41, 5.74) is 3.26. The lowest BCUT2D eigenvalue weighted by Gasteiger charge is -2.27. The first-order valence-corrected chi connectivity index (χ1v) is 9.29.